The quantitative estimate of drug-likeness (QED) is 0.579. The van der Waals surface area contributed by atoms with Crippen LogP contribution in [0.5, 0.6) is 0 Å². The van der Waals surface area contributed by atoms with Gasteiger partial charge in [0.2, 0.25) is 0 Å². The first-order valence-corrected chi connectivity index (χ1v) is 7.71. The lowest BCUT2D eigenvalue weighted by atomic mass is 10.3. The number of nitrogens with two attached hydrogens (primary N) is 1. The summed E-state index contributed by atoms with van der Waals surface area (Å²) >= 11 is 5.89. The van der Waals surface area contributed by atoms with Crippen LogP contribution < -0.4 is 11.1 Å². The molecule has 9 heteroatoms. The largest absolute Gasteiger partial charge is 0.401 e. The van der Waals surface area contributed by atoms with Crippen LogP contribution >= 0.6 is 11.6 Å². The Balaban J connectivity index is 1.62. The predicted octanol–water partition coefficient (Wildman–Crippen LogP) is 3.30. The van der Waals surface area contributed by atoms with Gasteiger partial charge in [-0.15, -0.1) is 10.2 Å². The maximum absolute atomic E-state index is 6.12. The van der Waals surface area contributed by atoms with Gasteiger partial charge in [0.25, 0.3) is 5.89 Å². The fraction of sp³-hybridized carbons (Fsp3) is 0. The van der Waals surface area contributed by atoms with Crippen molar-refractivity contribution in [3.8, 4) is 17.3 Å². The molecule has 124 valence electrons. The Kier molecular flexibility index (Phi) is 3.79. The van der Waals surface area contributed by atoms with E-state index >= 15 is 0 Å². The molecule has 3 N–H and O–H groups in total. The first kappa shape index (κ1) is 15.2. The van der Waals surface area contributed by atoms with Gasteiger partial charge >= 0.3 is 6.01 Å². The van der Waals surface area contributed by atoms with Crippen molar-refractivity contribution in [1.29, 1.82) is 0 Å². The van der Waals surface area contributed by atoms with Crippen LogP contribution in [0.4, 0.5) is 17.5 Å². The molecule has 8 nitrogen and oxygen atoms in total. The summed E-state index contributed by atoms with van der Waals surface area (Å²) in [4.78, 5) is 0. The summed E-state index contributed by atoms with van der Waals surface area (Å²) in [5.41, 5.74) is 7.99. The van der Waals surface area contributed by atoms with Gasteiger partial charge in [-0.1, -0.05) is 40.1 Å². The Morgan fingerprint density at radius 3 is 2.48 bits per heavy atom. The van der Waals surface area contributed by atoms with E-state index in [4.69, 9.17) is 21.8 Å². The molecule has 0 spiro atoms. The molecule has 4 rings (SSSR count). The van der Waals surface area contributed by atoms with Crippen molar-refractivity contribution in [2.24, 2.45) is 0 Å². The number of nitrogen functional groups attached to an aromatic ring is 1. The molecule has 0 aliphatic heterocycles. The highest BCUT2D eigenvalue weighted by Gasteiger charge is 2.19. The second-order valence-corrected chi connectivity index (χ2v) is 5.55. The second-order valence-electron chi connectivity index (χ2n) is 5.11. The van der Waals surface area contributed by atoms with E-state index < -0.39 is 0 Å². The van der Waals surface area contributed by atoms with E-state index in [0.717, 1.165) is 11.4 Å². The van der Waals surface area contributed by atoms with Crippen LogP contribution in [0, 0.1) is 0 Å². The van der Waals surface area contributed by atoms with Crippen LogP contribution in [0.1, 0.15) is 0 Å². The predicted molar refractivity (Wildman–Crippen MR) is 93.8 cm³/mol. The van der Waals surface area contributed by atoms with E-state index in [9.17, 15) is 0 Å². The maximum Gasteiger partial charge on any atom is 0.320 e. The van der Waals surface area contributed by atoms with Gasteiger partial charge in [-0.05, 0) is 36.4 Å². The first-order chi connectivity index (χ1) is 12.2. The number of nitrogens with zero attached hydrogens (tertiary/aromatic N) is 5. The molecule has 0 unspecified atom stereocenters. The van der Waals surface area contributed by atoms with E-state index in [1.807, 2.05) is 30.3 Å². The van der Waals surface area contributed by atoms with Crippen molar-refractivity contribution < 1.29 is 4.42 Å². The van der Waals surface area contributed by atoms with Crippen LogP contribution in [0.2, 0.25) is 5.02 Å². The van der Waals surface area contributed by atoms with Crippen molar-refractivity contribution in [2.75, 3.05) is 11.1 Å². The van der Waals surface area contributed by atoms with E-state index in [0.29, 0.717) is 10.7 Å². The Hall–Kier alpha value is -3.39. The van der Waals surface area contributed by atoms with Gasteiger partial charge in [-0.2, -0.15) is 4.68 Å². The molecule has 0 saturated carbocycles. The number of rotatable bonds is 4. The minimum atomic E-state index is 0.177. The summed E-state index contributed by atoms with van der Waals surface area (Å²) in [5.74, 6) is 0.466. The molecule has 2 heterocycles. The zero-order chi connectivity index (χ0) is 17.2. The Morgan fingerprint density at radius 1 is 0.960 bits per heavy atom. The van der Waals surface area contributed by atoms with E-state index in [2.05, 4.69) is 25.8 Å². The standard InChI is InChI=1S/C16H12ClN7O/c17-10-6-8-12(9-7-10)24-14(18)13(20-23-24)15-21-22-16(25-15)19-11-4-2-1-3-5-11/h1-9H,18H2,(H,19,22). The summed E-state index contributed by atoms with van der Waals surface area (Å²) < 4.78 is 7.04. The highest BCUT2D eigenvalue weighted by atomic mass is 35.5. The molecule has 0 fully saturated rings. The summed E-state index contributed by atoms with van der Waals surface area (Å²) in [7, 11) is 0. The molecular formula is C16H12ClN7O. The SMILES string of the molecule is Nc1c(-c2nnc(Nc3ccccc3)o2)nnn1-c1ccc(Cl)cc1. The van der Waals surface area contributed by atoms with Crippen LogP contribution in [0.25, 0.3) is 17.3 Å². The number of hydrogen-bond donors (Lipinski definition) is 2. The lowest BCUT2D eigenvalue weighted by Gasteiger charge is -2.02. The Labute approximate surface area is 147 Å². The van der Waals surface area contributed by atoms with E-state index in [1.54, 1.807) is 24.3 Å². The lowest BCUT2D eigenvalue weighted by Crippen LogP contribution is -2.02. The minimum Gasteiger partial charge on any atom is -0.401 e. The van der Waals surface area contributed by atoms with Gasteiger partial charge in [0.1, 0.15) is 0 Å². The third kappa shape index (κ3) is 3.02. The highest BCUT2D eigenvalue weighted by Crippen LogP contribution is 2.26. The van der Waals surface area contributed by atoms with Crippen LogP contribution in [-0.4, -0.2) is 25.2 Å². The summed E-state index contributed by atoms with van der Waals surface area (Å²) in [6.07, 6.45) is 0. The molecule has 0 bridgehead atoms. The zero-order valence-electron chi connectivity index (χ0n) is 12.8. The molecule has 0 saturated heterocycles. The van der Waals surface area contributed by atoms with Crippen molar-refractivity contribution >= 4 is 29.1 Å². The first-order valence-electron chi connectivity index (χ1n) is 7.34. The lowest BCUT2D eigenvalue weighted by molar-refractivity contribution is 0.585. The molecule has 25 heavy (non-hydrogen) atoms. The molecular weight excluding hydrogens is 342 g/mol. The van der Waals surface area contributed by atoms with Gasteiger partial charge < -0.3 is 15.5 Å². The fourth-order valence-corrected chi connectivity index (χ4v) is 2.35. The molecule has 0 atom stereocenters. The topological polar surface area (TPSA) is 108 Å². The number of aromatic nitrogens is 5. The zero-order valence-corrected chi connectivity index (χ0v) is 13.6. The number of halogens is 1. The van der Waals surface area contributed by atoms with Gasteiger partial charge in [-0.3, -0.25) is 0 Å². The van der Waals surface area contributed by atoms with Gasteiger partial charge in [0, 0.05) is 10.7 Å². The normalized spacial score (nSPS) is 10.8. The van der Waals surface area contributed by atoms with Crippen molar-refractivity contribution in [1.82, 2.24) is 25.2 Å². The monoisotopic (exact) mass is 353 g/mol. The summed E-state index contributed by atoms with van der Waals surface area (Å²) in [5, 5.41) is 19.6. The van der Waals surface area contributed by atoms with Gasteiger partial charge in [0.15, 0.2) is 11.5 Å². The molecule has 2 aromatic heterocycles. The van der Waals surface area contributed by atoms with Crippen molar-refractivity contribution in [2.45, 2.75) is 0 Å². The molecule has 0 amide bonds. The number of nitrogens with one attached hydrogen (secondary N) is 1. The molecule has 0 aliphatic carbocycles. The summed E-state index contributed by atoms with van der Waals surface area (Å²) in [6, 6.07) is 16.8. The number of para-hydroxylation sites is 1. The van der Waals surface area contributed by atoms with E-state index in [1.165, 1.54) is 4.68 Å². The maximum atomic E-state index is 6.12. The third-order valence-corrected chi connectivity index (χ3v) is 3.68. The van der Waals surface area contributed by atoms with Crippen LogP contribution in [-0.2, 0) is 0 Å². The van der Waals surface area contributed by atoms with Crippen LogP contribution in [0.15, 0.2) is 59.0 Å². The van der Waals surface area contributed by atoms with Gasteiger partial charge in [0.05, 0.1) is 5.69 Å². The second kappa shape index (κ2) is 6.25. The number of benzene rings is 2. The van der Waals surface area contributed by atoms with E-state index in [-0.39, 0.29) is 17.7 Å². The Morgan fingerprint density at radius 2 is 1.72 bits per heavy atom. The summed E-state index contributed by atoms with van der Waals surface area (Å²) in [6.45, 7) is 0. The fourth-order valence-electron chi connectivity index (χ4n) is 2.23. The third-order valence-electron chi connectivity index (χ3n) is 3.43. The average molecular weight is 354 g/mol. The van der Waals surface area contributed by atoms with Crippen molar-refractivity contribution in [3.05, 3.63) is 59.6 Å². The van der Waals surface area contributed by atoms with Crippen molar-refractivity contribution in [3.63, 3.8) is 0 Å². The average Bonchev–Trinajstić information content (AvgIpc) is 3.23. The molecule has 0 aliphatic rings. The molecule has 0 radical (unpaired) electrons. The number of hydrogen-bond acceptors (Lipinski definition) is 7. The van der Waals surface area contributed by atoms with Gasteiger partial charge in [-0.25, -0.2) is 0 Å². The number of anilines is 3. The molecule has 2 aromatic carbocycles. The minimum absolute atomic E-state index is 0.177. The smallest absolute Gasteiger partial charge is 0.320 e. The van der Waals surface area contributed by atoms with Crippen LogP contribution in [0.3, 0.4) is 0 Å². The Bertz CT molecular complexity index is 995. The highest BCUT2D eigenvalue weighted by molar-refractivity contribution is 6.30. The molecule has 4 aromatic rings.